The number of ether oxygens (including phenoxy) is 1. The molecule has 184 valence electrons. The summed E-state index contributed by atoms with van der Waals surface area (Å²) >= 11 is -1.53. The minimum absolute atomic E-state index is 0.125. The third-order valence-corrected chi connectivity index (χ3v) is 5.77. The second-order valence-corrected chi connectivity index (χ2v) is 8.69. The molecule has 2 aromatic heterocycles. The first-order valence-electron chi connectivity index (χ1n) is 10.4. The largest absolute Gasteiger partial charge is 0.610 e. The fraction of sp³-hybridized carbons (Fsp3) is 0.0833. The van der Waals surface area contributed by atoms with Crippen LogP contribution in [0.3, 0.4) is 0 Å². The first-order valence-corrected chi connectivity index (χ1v) is 12.0. The van der Waals surface area contributed by atoms with Gasteiger partial charge in [0.25, 0.3) is 11.8 Å². The van der Waals surface area contributed by atoms with Crippen molar-refractivity contribution in [1.82, 2.24) is 20.1 Å². The van der Waals surface area contributed by atoms with Gasteiger partial charge < -0.3 is 19.9 Å². The van der Waals surface area contributed by atoms with Crippen LogP contribution in [0.15, 0.2) is 71.9 Å². The van der Waals surface area contributed by atoms with E-state index in [1.807, 2.05) is 0 Å². The van der Waals surface area contributed by atoms with Crippen molar-refractivity contribution in [3.05, 3.63) is 89.9 Å². The summed E-state index contributed by atoms with van der Waals surface area (Å²) in [4.78, 5) is 28.6. The molecule has 12 heteroatoms. The molecule has 0 saturated heterocycles. The SMILES string of the molecule is CNC(=O)c1cc(Oc2ccc(F)c(NC(=O)c3cc([S+](C)[O-])n(-c4ccc(F)cc4)n3)c2)ccn1. The maximum absolute atomic E-state index is 14.5. The van der Waals surface area contributed by atoms with Crippen LogP contribution in [-0.4, -0.2) is 44.4 Å². The van der Waals surface area contributed by atoms with E-state index >= 15 is 0 Å². The standard InChI is InChI=1S/C24H19F2N5O4S/c1-27-23(32)20-12-17(9-10-28-20)35-16-7-8-18(26)19(11-16)29-24(33)21-13-22(36(2)34)31(30-21)15-5-3-14(25)4-6-15/h3-13H,1-2H3,(H,27,32)(H,29,33). The summed E-state index contributed by atoms with van der Waals surface area (Å²) < 4.78 is 46.9. The quantitative estimate of drug-likeness (QED) is 0.365. The Balaban J connectivity index is 1.57. The van der Waals surface area contributed by atoms with Crippen LogP contribution < -0.4 is 15.4 Å². The molecule has 9 nitrogen and oxygen atoms in total. The van der Waals surface area contributed by atoms with E-state index in [9.17, 15) is 22.9 Å². The highest BCUT2D eigenvalue weighted by atomic mass is 32.2. The molecule has 1 unspecified atom stereocenters. The number of aromatic nitrogens is 3. The Bertz CT molecular complexity index is 1430. The average molecular weight is 512 g/mol. The van der Waals surface area contributed by atoms with Crippen LogP contribution in [0.2, 0.25) is 0 Å². The van der Waals surface area contributed by atoms with Gasteiger partial charge in [0.05, 0.1) is 11.4 Å². The van der Waals surface area contributed by atoms with E-state index in [4.69, 9.17) is 4.74 Å². The molecule has 0 aliphatic rings. The number of hydrogen-bond donors (Lipinski definition) is 2. The predicted molar refractivity (Wildman–Crippen MR) is 128 cm³/mol. The average Bonchev–Trinajstić information content (AvgIpc) is 3.32. The van der Waals surface area contributed by atoms with Crippen LogP contribution in [0.5, 0.6) is 11.5 Å². The number of rotatable bonds is 7. The normalized spacial score (nSPS) is 11.6. The highest BCUT2D eigenvalue weighted by molar-refractivity contribution is 7.90. The number of carbonyl (C=O) groups is 2. The summed E-state index contributed by atoms with van der Waals surface area (Å²) in [7, 11) is 1.47. The predicted octanol–water partition coefficient (Wildman–Crippen LogP) is 3.69. The van der Waals surface area contributed by atoms with Gasteiger partial charge in [-0.2, -0.15) is 9.78 Å². The Morgan fingerprint density at radius 1 is 0.972 bits per heavy atom. The first kappa shape index (κ1) is 24.8. The van der Waals surface area contributed by atoms with Gasteiger partial charge in [-0.3, -0.25) is 14.6 Å². The minimum Gasteiger partial charge on any atom is -0.610 e. The molecule has 36 heavy (non-hydrogen) atoms. The number of carbonyl (C=O) groups excluding carboxylic acids is 2. The van der Waals surface area contributed by atoms with Crippen LogP contribution in [0.4, 0.5) is 14.5 Å². The smallest absolute Gasteiger partial charge is 0.276 e. The molecule has 0 spiro atoms. The fourth-order valence-corrected chi connectivity index (χ4v) is 3.83. The fourth-order valence-electron chi connectivity index (χ4n) is 3.16. The van der Waals surface area contributed by atoms with Crippen molar-refractivity contribution in [2.45, 2.75) is 5.03 Å². The Hall–Kier alpha value is -4.29. The van der Waals surface area contributed by atoms with Crippen molar-refractivity contribution in [3.63, 3.8) is 0 Å². The van der Waals surface area contributed by atoms with Gasteiger partial charge in [-0.25, -0.2) is 8.78 Å². The van der Waals surface area contributed by atoms with Gasteiger partial charge in [0.15, 0.2) is 5.69 Å². The molecule has 2 heterocycles. The maximum atomic E-state index is 14.5. The number of hydrogen-bond acceptors (Lipinski definition) is 6. The molecule has 2 aromatic carbocycles. The van der Waals surface area contributed by atoms with Crippen molar-refractivity contribution in [2.24, 2.45) is 0 Å². The summed E-state index contributed by atoms with van der Waals surface area (Å²) in [6.45, 7) is 0. The molecule has 0 aliphatic carbocycles. The van der Waals surface area contributed by atoms with Crippen LogP contribution in [0.25, 0.3) is 5.69 Å². The zero-order valence-electron chi connectivity index (χ0n) is 19.0. The molecule has 4 aromatic rings. The first-order chi connectivity index (χ1) is 17.2. The molecule has 0 saturated carbocycles. The number of benzene rings is 2. The van der Waals surface area contributed by atoms with Crippen LogP contribution in [0, 0.1) is 11.6 Å². The number of anilines is 1. The molecule has 0 radical (unpaired) electrons. The van der Waals surface area contributed by atoms with E-state index in [1.54, 1.807) is 0 Å². The van der Waals surface area contributed by atoms with Gasteiger partial charge in [-0.15, -0.1) is 0 Å². The van der Waals surface area contributed by atoms with Crippen molar-refractivity contribution in [1.29, 1.82) is 0 Å². The summed E-state index contributed by atoms with van der Waals surface area (Å²) in [5, 5.41) is 9.26. The van der Waals surface area contributed by atoms with E-state index in [0.717, 1.165) is 6.07 Å². The number of nitrogens with one attached hydrogen (secondary N) is 2. The van der Waals surface area contributed by atoms with Gasteiger partial charge in [0, 0.05) is 42.6 Å². The number of nitrogens with zero attached hydrogens (tertiary/aromatic N) is 3. The molecule has 0 fully saturated rings. The highest BCUT2D eigenvalue weighted by Gasteiger charge is 2.22. The highest BCUT2D eigenvalue weighted by Crippen LogP contribution is 2.27. The van der Waals surface area contributed by atoms with Crippen molar-refractivity contribution < 1.29 is 27.7 Å². The molecule has 0 bridgehead atoms. The lowest BCUT2D eigenvalue weighted by atomic mass is 10.2. The Morgan fingerprint density at radius 3 is 2.39 bits per heavy atom. The van der Waals surface area contributed by atoms with Crippen LogP contribution in [-0.2, 0) is 11.2 Å². The van der Waals surface area contributed by atoms with Gasteiger partial charge >= 0.3 is 0 Å². The molecule has 2 N–H and O–H groups in total. The number of amides is 2. The molecular formula is C24H19F2N5O4S. The van der Waals surface area contributed by atoms with Crippen LogP contribution >= 0.6 is 0 Å². The lowest BCUT2D eigenvalue weighted by Gasteiger charge is -2.10. The van der Waals surface area contributed by atoms with Crippen molar-refractivity contribution in [3.8, 4) is 17.2 Å². The second-order valence-electron chi connectivity index (χ2n) is 7.36. The third-order valence-electron chi connectivity index (χ3n) is 4.89. The topological polar surface area (TPSA) is 121 Å². The molecule has 1 atom stereocenters. The van der Waals surface area contributed by atoms with E-state index in [1.165, 1.54) is 78.8 Å². The van der Waals surface area contributed by atoms with E-state index in [-0.39, 0.29) is 33.6 Å². The molecule has 4 rings (SSSR count). The maximum Gasteiger partial charge on any atom is 0.276 e. The summed E-state index contributed by atoms with van der Waals surface area (Å²) in [6.07, 6.45) is 2.80. The minimum atomic E-state index is -1.53. The summed E-state index contributed by atoms with van der Waals surface area (Å²) in [6, 6.07) is 13.2. The molecule has 0 aliphatic heterocycles. The second kappa shape index (κ2) is 10.5. The van der Waals surface area contributed by atoms with Crippen molar-refractivity contribution in [2.75, 3.05) is 18.6 Å². The van der Waals surface area contributed by atoms with Gasteiger partial charge in [-0.1, -0.05) is 0 Å². The zero-order chi connectivity index (χ0) is 25.8. The van der Waals surface area contributed by atoms with Gasteiger partial charge in [0.1, 0.15) is 35.1 Å². The number of pyridine rings is 1. The van der Waals surface area contributed by atoms with Crippen LogP contribution in [0.1, 0.15) is 21.0 Å². The lowest BCUT2D eigenvalue weighted by molar-refractivity contribution is 0.0956. The summed E-state index contributed by atoms with van der Waals surface area (Å²) in [5.41, 5.74) is 0.218. The molecular weight excluding hydrogens is 492 g/mol. The Labute approximate surface area is 207 Å². The van der Waals surface area contributed by atoms with Gasteiger partial charge in [-0.05, 0) is 42.5 Å². The molecule has 2 amide bonds. The van der Waals surface area contributed by atoms with Gasteiger partial charge in [0.2, 0.25) is 5.03 Å². The van der Waals surface area contributed by atoms with E-state index < -0.39 is 34.6 Å². The summed E-state index contributed by atoms with van der Waals surface area (Å²) in [5.74, 6) is -1.89. The Morgan fingerprint density at radius 2 is 1.69 bits per heavy atom. The van der Waals surface area contributed by atoms with E-state index in [0.29, 0.717) is 5.69 Å². The Kier molecular flexibility index (Phi) is 7.27. The third kappa shape index (κ3) is 5.50. The number of halogens is 2. The monoisotopic (exact) mass is 511 g/mol. The lowest BCUT2D eigenvalue weighted by Crippen LogP contribution is -2.18. The van der Waals surface area contributed by atoms with E-state index in [2.05, 4.69) is 20.7 Å². The zero-order valence-corrected chi connectivity index (χ0v) is 19.8. The van der Waals surface area contributed by atoms with Crippen molar-refractivity contribution >= 4 is 28.7 Å².